The van der Waals surface area contributed by atoms with E-state index in [0.29, 0.717) is 6.61 Å². The highest BCUT2D eigenvalue weighted by Gasteiger charge is 2.17. The molecule has 4 rings (SSSR count). The summed E-state index contributed by atoms with van der Waals surface area (Å²) in [6.07, 6.45) is 0. The highest BCUT2D eigenvalue weighted by molar-refractivity contribution is 5.76. The van der Waals surface area contributed by atoms with Crippen LogP contribution in [0.5, 0.6) is 5.75 Å². The number of fused-ring (bicyclic) bond motifs is 1. The molecule has 0 fully saturated rings. The molecule has 3 nitrogen and oxygen atoms in total. The zero-order chi connectivity index (χ0) is 19.7. The summed E-state index contributed by atoms with van der Waals surface area (Å²) in [5, 5.41) is 3.08. The van der Waals surface area contributed by atoms with E-state index in [9.17, 15) is 8.78 Å². The van der Waals surface area contributed by atoms with E-state index in [1.54, 1.807) is 0 Å². The summed E-state index contributed by atoms with van der Waals surface area (Å²) in [5.41, 5.74) is 5.31. The van der Waals surface area contributed by atoms with Gasteiger partial charge in [0.15, 0.2) is 0 Å². The largest absolute Gasteiger partial charge is 0.490 e. The van der Waals surface area contributed by atoms with Gasteiger partial charge >= 0.3 is 0 Å². The fourth-order valence-electron chi connectivity index (χ4n) is 3.47. The Morgan fingerprint density at radius 1 is 1.04 bits per heavy atom. The molecule has 0 amide bonds. The van der Waals surface area contributed by atoms with Gasteiger partial charge in [0.1, 0.15) is 24.0 Å². The van der Waals surface area contributed by atoms with Crippen molar-refractivity contribution in [3.8, 4) is 16.9 Å². The van der Waals surface area contributed by atoms with E-state index in [0.717, 1.165) is 34.8 Å². The average molecular weight is 380 g/mol. The molecule has 1 heterocycles. The summed E-state index contributed by atoms with van der Waals surface area (Å²) in [4.78, 5) is 2.20. The van der Waals surface area contributed by atoms with Gasteiger partial charge in [0, 0.05) is 24.8 Å². The van der Waals surface area contributed by atoms with Crippen LogP contribution < -0.4 is 15.0 Å². The van der Waals surface area contributed by atoms with Crippen LogP contribution in [0.3, 0.4) is 0 Å². The maximum atomic E-state index is 13.8. The van der Waals surface area contributed by atoms with Gasteiger partial charge < -0.3 is 15.0 Å². The zero-order valence-corrected chi connectivity index (χ0v) is 15.9. The van der Waals surface area contributed by atoms with Gasteiger partial charge in [-0.2, -0.15) is 0 Å². The molecule has 0 aliphatic carbocycles. The van der Waals surface area contributed by atoms with Crippen molar-refractivity contribution in [2.75, 3.05) is 30.4 Å². The molecular weight excluding hydrogens is 358 g/mol. The molecule has 1 aliphatic rings. The Balaban J connectivity index is 1.54. The second-order valence-corrected chi connectivity index (χ2v) is 7.04. The number of likely N-dealkylation sites (N-methyl/N-ethyl adjacent to an activating group) is 1. The molecule has 0 spiro atoms. The number of anilines is 2. The topological polar surface area (TPSA) is 24.5 Å². The molecule has 0 saturated heterocycles. The Morgan fingerprint density at radius 3 is 2.46 bits per heavy atom. The highest BCUT2D eigenvalue weighted by atomic mass is 19.1. The molecule has 0 radical (unpaired) electrons. The SMILES string of the molecule is Cc1cc2c(cc1-c1ccc(NCc3c(F)cccc3F)cc1)OCCN2C. The molecule has 5 heteroatoms. The van der Waals surface area contributed by atoms with E-state index >= 15 is 0 Å². The standard InChI is InChI=1S/C23H22F2N2O/c1-15-12-22-23(28-11-10-27(22)2)13-18(15)16-6-8-17(9-7-16)26-14-19-20(24)4-3-5-21(19)25/h3-9,12-13,26H,10-11,14H2,1-2H3. The van der Waals surface area contributed by atoms with E-state index in [4.69, 9.17) is 4.74 Å². The Bertz CT molecular complexity index is 982. The third-order valence-corrected chi connectivity index (χ3v) is 5.13. The minimum absolute atomic E-state index is 0.0402. The smallest absolute Gasteiger partial charge is 0.143 e. The molecule has 3 aromatic carbocycles. The van der Waals surface area contributed by atoms with Gasteiger partial charge in [-0.05, 0) is 60.0 Å². The summed E-state index contributed by atoms with van der Waals surface area (Å²) in [6.45, 7) is 3.75. The van der Waals surface area contributed by atoms with Crippen LogP contribution in [0.2, 0.25) is 0 Å². The number of ether oxygens (including phenoxy) is 1. The normalized spacial score (nSPS) is 13.1. The van der Waals surface area contributed by atoms with Crippen LogP contribution in [-0.4, -0.2) is 20.2 Å². The molecule has 3 aromatic rings. The number of nitrogens with zero attached hydrogens (tertiary/aromatic N) is 1. The Labute approximate surface area is 163 Å². The lowest BCUT2D eigenvalue weighted by atomic mass is 9.98. The summed E-state index contributed by atoms with van der Waals surface area (Å²) in [5.74, 6) is -0.191. The fraction of sp³-hybridized carbons (Fsp3) is 0.217. The Morgan fingerprint density at radius 2 is 1.75 bits per heavy atom. The molecule has 0 atom stereocenters. The van der Waals surface area contributed by atoms with E-state index in [-0.39, 0.29) is 12.1 Å². The monoisotopic (exact) mass is 380 g/mol. The lowest BCUT2D eigenvalue weighted by Crippen LogP contribution is -2.28. The summed E-state index contributed by atoms with van der Waals surface area (Å²) < 4.78 is 33.3. The minimum atomic E-state index is -0.543. The van der Waals surface area contributed by atoms with Gasteiger partial charge in [-0.3, -0.25) is 0 Å². The number of nitrogens with one attached hydrogen (secondary N) is 1. The molecule has 28 heavy (non-hydrogen) atoms. The van der Waals surface area contributed by atoms with Crippen LogP contribution in [0.4, 0.5) is 20.2 Å². The molecule has 1 aliphatic heterocycles. The Kier molecular flexibility index (Phi) is 4.90. The van der Waals surface area contributed by atoms with Gasteiger partial charge in [0.2, 0.25) is 0 Å². The highest BCUT2D eigenvalue weighted by Crippen LogP contribution is 2.37. The summed E-state index contributed by atoms with van der Waals surface area (Å²) >= 11 is 0. The first-order valence-corrected chi connectivity index (χ1v) is 9.29. The number of rotatable bonds is 4. The van der Waals surface area contributed by atoms with Crippen molar-refractivity contribution in [3.63, 3.8) is 0 Å². The maximum Gasteiger partial charge on any atom is 0.143 e. The van der Waals surface area contributed by atoms with Crippen LogP contribution in [0.15, 0.2) is 54.6 Å². The van der Waals surface area contributed by atoms with E-state index in [2.05, 4.69) is 36.3 Å². The van der Waals surface area contributed by atoms with E-state index in [1.807, 2.05) is 24.3 Å². The van der Waals surface area contributed by atoms with Crippen LogP contribution in [0, 0.1) is 18.6 Å². The molecule has 0 bridgehead atoms. The van der Waals surface area contributed by atoms with Crippen molar-refractivity contribution in [1.82, 2.24) is 0 Å². The number of aryl methyl sites for hydroxylation is 1. The van der Waals surface area contributed by atoms with Crippen LogP contribution in [0.25, 0.3) is 11.1 Å². The zero-order valence-electron chi connectivity index (χ0n) is 15.9. The molecule has 144 valence electrons. The summed E-state index contributed by atoms with van der Waals surface area (Å²) in [7, 11) is 2.07. The van der Waals surface area contributed by atoms with Gasteiger partial charge in [-0.1, -0.05) is 18.2 Å². The van der Waals surface area contributed by atoms with Crippen LogP contribution in [-0.2, 0) is 6.54 Å². The maximum absolute atomic E-state index is 13.8. The van der Waals surface area contributed by atoms with Gasteiger partial charge in [0.05, 0.1) is 12.2 Å². The van der Waals surface area contributed by atoms with E-state index in [1.165, 1.54) is 23.8 Å². The summed E-state index contributed by atoms with van der Waals surface area (Å²) in [6, 6.07) is 16.0. The first-order chi connectivity index (χ1) is 13.5. The van der Waals surface area contributed by atoms with Crippen molar-refractivity contribution in [3.05, 3.63) is 77.4 Å². The predicted octanol–water partition coefficient (Wildman–Crippen LogP) is 5.38. The van der Waals surface area contributed by atoms with Crippen molar-refractivity contribution in [1.29, 1.82) is 0 Å². The van der Waals surface area contributed by atoms with Crippen molar-refractivity contribution >= 4 is 11.4 Å². The molecule has 1 N–H and O–H groups in total. The fourth-order valence-corrected chi connectivity index (χ4v) is 3.47. The quantitative estimate of drug-likeness (QED) is 0.658. The second-order valence-electron chi connectivity index (χ2n) is 7.04. The molecular formula is C23H22F2N2O. The molecule has 0 unspecified atom stereocenters. The number of benzene rings is 3. The van der Waals surface area contributed by atoms with Gasteiger partial charge in [-0.25, -0.2) is 8.78 Å². The average Bonchev–Trinajstić information content (AvgIpc) is 2.68. The first kappa shape index (κ1) is 18.3. The number of hydrogen-bond donors (Lipinski definition) is 1. The predicted molar refractivity (Wildman–Crippen MR) is 109 cm³/mol. The number of hydrogen-bond acceptors (Lipinski definition) is 3. The second kappa shape index (κ2) is 7.50. The minimum Gasteiger partial charge on any atom is -0.490 e. The van der Waals surface area contributed by atoms with Crippen LogP contribution in [0.1, 0.15) is 11.1 Å². The van der Waals surface area contributed by atoms with Crippen molar-refractivity contribution in [2.45, 2.75) is 13.5 Å². The Hall–Kier alpha value is -3.08. The lowest BCUT2D eigenvalue weighted by Gasteiger charge is -2.28. The number of halogens is 2. The third kappa shape index (κ3) is 3.52. The molecule has 0 saturated carbocycles. The van der Waals surface area contributed by atoms with E-state index < -0.39 is 11.6 Å². The van der Waals surface area contributed by atoms with Gasteiger partial charge in [-0.15, -0.1) is 0 Å². The van der Waals surface area contributed by atoms with Crippen molar-refractivity contribution < 1.29 is 13.5 Å². The molecule has 0 aromatic heterocycles. The van der Waals surface area contributed by atoms with Gasteiger partial charge in [0.25, 0.3) is 0 Å². The lowest BCUT2D eigenvalue weighted by molar-refractivity contribution is 0.311. The first-order valence-electron chi connectivity index (χ1n) is 9.29. The van der Waals surface area contributed by atoms with Crippen LogP contribution >= 0.6 is 0 Å². The van der Waals surface area contributed by atoms with Crippen molar-refractivity contribution in [2.24, 2.45) is 0 Å². The third-order valence-electron chi connectivity index (χ3n) is 5.13.